The summed E-state index contributed by atoms with van der Waals surface area (Å²) in [7, 11) is 3.31. The summed E-state index contributed by atoms with van der Waals surface area (Å²) in [4.78, 5) is 0. The van der Waals surface area contributed by atoms with Gasteiger partial charge in [0, 0.05) is 11.1 Å². The topological polar surface area (TPSA) is 44.5 Å². The van der Waals surface area contributed by atoms with Crippen molar-refractivity contribution < 1.29 is 9.47 Å². The van der Waals surface area contributed by atoms with Crippen molar-refractivity contribution in [1.29, 1.82) is 0 Å². The molecule has 0 aromatic heterocycles. The molecule has 2 N–H and O–H groups in total. The quantitative estimate of drug-likeness (QED) is 0.766. The van der Waals surface area contributed by atoms with Crippen LogP contribution in [-0.4, -0.2) is 20.8 Å². The van der Waals surface area contributed by atoms with E-state index in [2.05, 4.69) is 0 Å². The molecule has 0 saturated heterocycles. The third kappa shape index (κ3) is 1.47. The van der Waals surface area contributed by atoms with Gasteiger partial charge in [-0.15, -0.1) is 0 Å². The monoisotopic (exact) mass is 181 g/mol. The highest BCUT2D eigenvalue weighted by atomic mass is 16.5. The minimum atomic E-state index is 0.750. The highest BCUT2D eigenvalue weighted by Crippen LogP contribution is 2.54. The summed E-state index contributed by atoms with van der Waals surface area (Å²) in [5, 5.41) is 0. The zero-order valence-electron chi connectivity index (χ0n) is 8.26. The fraction of sp³-hybridized carbons (Fsp3) is 0.400. The van der Waals surface area contributed by atoms with E-state index in [4.69, 9.17) is 15.2 Å². The molecule has 3 nitrogen and oxygen atoms in total. The van der Waals surface area contributed by atoms with Crippen LogP contribution in [0.4, 0.5) is 0 Å². The summed E-state index contributed by atoms with van der Waals surface area (Å²) in [5.74, 6) is 1.78. The maximum Gasteiger partial charge on any atom is 0.169 e. The Labute approximate surface area is 78.5 Å². The van der Waals surface area contributed by atoms with Gasteiger partial charge in [0.2, 0.25) is 0 Å². The smallest absolute Gasteiger partial charge is 0.169 e. The third-order valence-electron chi connectivity index (χ3n) is 1.81. The van der Waals surface area contributed by atoms with Crippen molar-refractivity contribution in [2.75, 3.05) is 20.8 Å². The zero-order valence-corrected chi connectivity index (χ0v) is 8.26. The van der Waals surface area contributed by atoms with Gasteiger partial charge in [-0.05, 0) is 18.7 Å². The van der Waals surface area contributed by atoms with Gasteiger partial charge in [0.1, 0.15) is 0 Å². The second-order valence-electron chi connectivity index (χ2n) is 2.64. The number of hydrogen-bond acceptors (Lipinski definition) is 3. The molecule has 0 unspecified atom stereocenters. The van der Waals surface area contributed by atoms with E-state index in [-0.39, 0.29) is 0 Å². The van der Waals surface area contributed by atoms with Crippen molar-refractivity contribution in [3.63, 3.8) is 0 Å². The lowest BCUT2D eigenvalue weighted by molar-refractivity contribution is 0.349. The van der Waals surface area contributed by atoms with E-state index in [0.717, 1.165) is 18.0 Å². The summed E-state index contributed by atoms with van der Waals surface area (Å²) in [6, 6.07) is 4.05. The summed E-state index contributed by atoms with van der Waals surface area (Å²) >= 11 is 0. The molecule has 0 fully saturated rings. The SMILES string of the molecule is CCN.COc1c2ccc-2c1OC. The molecular formula is C10H15NO2. The molecule has 3 heteroatoms. The van der Waals surface area contributed by atoms with Crippen LogP contribution in [0.3, 0.4) is 0 Å². The molecule has 0 saturated carbocycles. The molecular weight excluding hydrogens is 166 g/mol. The molecule has 0 spiro atoms. The van der Waals surface area contributed by atoms with E-state index < -0.39 is 0 Å². The summed E-state index contributed by atoms with van der Waals surface area (Å²) < 4.78 is 10.1. The summed E-state index contributed by atoms with van der Waals surface area (Å²) in [5.41, 5.74) is 7.23. The van der Waals surface area contributed by atoms with Crippen molar-refractivity contribution in [3.8, 4) is 22.6 Å². The first kappa shape index (κ1) is 9.86. The predicted molar refractivity (Wildman–Crippen MR) is 53.3 cm³/mol. The Kier molecular flexibility index (Phi) is 3.14. The second kappa shape index (κ2) is 4.14. The molecule has 72 valence electrons. The highest BCUT2D eigenvalue weighted by molar-refractivity contribution is 5.93. The molecule has 0 aromatic carbocycles. The highest BCUT2D eigenvalue weighted by Gasteiger charge is 2.27. The lowest BCUT2D eigenvalue weighted by Gasteiger charge is -2.24. The van der Waals surface area contributed by atoms with Crippen molar-refractivity contribution >= 4 is 0 Å². The number of rotatable bonds is 2. The van der Waals surface area contributed by atoms with Crippen LogP contribution in [0.1, 0.15) is 6.92 Å². The first-order valence-electron chi connectivity index (χ1n) is 4.25. The van der Waals surface area contributed by atoms with Crippen molar-refractivity contribution in [3.05, 3.63) is 12.1 Å². The molecule has 0 radical (unpaired) electrons. The number of nitrogens with two attached hydrogens (primary N) is 1. The van der Waals surface area contributed by atoms with Gasteiger partial charge in [-0.3, -0.25) is 0 Å². The Morgan fingerprint density at radius 1 is 1.08 bits per heavy atom. The van der Waals surface area contributed by atoms with Crippen LogP contribution in [0.15, 0.2) is 12.1 Å². The number of methoxy groups -OCH3 is 2. The normalized spacial score (nSPS) is 9.85. The fourth-order valence-corrected chi connectivity index (χ4v) is 1.23. The first-order valence-corrected chi connectivity index (χ1v) is 4.25. The number of ether oxygens (including phenoxy) is 2. The van der Waals surface area contributed by atoms with Gasteiger partial charge in [-0.25, -0.2) is 0 Å². The number of hydrogen-bond donors (Lipinski definition) is 1. The van der Waals surface area contributed by atoms with E-state index in [1.54, 1.807) is 14.2 Å². The lowest BCUT2D eigenvalue weighted by Crippen LogP contribution is -2.03. The number of fused-ring (bicyclic) bond motifs is 1. The van der Waals surface area contributed by atoms with Gasteiger partial charge < -0.3 is 15.2 Å². The maximum atomic E-state index is 5.07. The predicted octanol–water partition coefficient (Wildman–Crippen LogP) is 1.65. The van der Waals surface area contributed by atoms with Gasteiger partial charge in [-0.1, -0.05) is 6.92 Å². The Bertz CT molecular complexity index is 268. The zero-order chi connectivity index (χ0) is 9.84. The van der Waals surface area contributed by atoms with Crippen LogP contribution in [0.5, 0.6) is 11.5 Å². The first-order chi connectivity index (χ1) is 6.29. The van der Waals surface area contributed by atoms with Crippen molar-refractivity contribution in [2.45, 2.75) is 6.92 Å². The Balaban J connectivity index is 0.000000251. The van der Waals surface area contributed by atoms with Crippen LogP contribution < -0.4 is 15.2 Å². The molecule has 0 aromatic rings. The van der Waals surface area contributed by atoms with Crippen LogP contribution in [-0.2, 0) is 0 Å². The van der Waals surface area contributed by atoms with E-state index >= 15 is 0 Å². The average Bonchev–Trinajstić information content (AvgIpc) is 2.09. The van der Waals surface area contributed by atoms with E-state index in [1.807, 2.05) is 19.1 Å². The molecule has 2 aliphatic carbocycles. The third-order valence-corrected chi connectivity index (χ3v) is 1.81. The standard InChI is InChI=1S/C8H8O2.C2H7N/c1-9-7-5-3-4-6(5)8(7)10-2;1-2-3/h3-4H,1-2H3;2-3H2,1H3. The molecule has 2 aliphatic rings. The fourth-order valence-electron chi connectivity index (χ4n) is 1.23. The Morgan fingerprint density at radius 3 is 1.54 bits per heavy atom. The minimum Gasteiger partial charge on any atom is -0.492 e. The van der Waals surface area contributed by atoms with Crippen LogP contribution >= 0.6 is 0 Å². The Hall–Kier alpha value is -1.22. The molecule has 0 atom stereocenters. The molecule has 13 heavy (non-hydrogen) atoms. The van der Waals surface area contributed by atoms with Gasteiger partial charge >= 0.3 is 0 Å². The Morgan fingerprint density at radius 2 is 1.38 bits per heavy atom. The largest absolute Gasteiger partial charge is 0.492 e. The van der Waals surface area contributed by atoms with Gasteiger partial charge in [0.15, 0.2) is 11.5 Å². The van der Waals surface area contributed by atoms with Gasteiger partial charge in [-0.2, -0.15) is 0 Å². The molecule has 2 rings (SSSR count). The molecule has 0 bridgehead atoms. The van der Waals surface area contributed by atoms with Crippen LogP contribution in [0.2, 0.25) is 0 Å². The average molecular weight is 181 g/mol. The van der Waals surface area contributed by atoms with Crippen LogP contribution in [0.25, 0.3) is 11.1 Å². The van der Waals surface area contributed by atoms with Crippen molar-refractivity contribution in [1.82, 2.24) is 0 Å². The lowest BCUT2D eigenvalue weighted by atomic mass is 9.90. The maximum absolute atomic E-state index is 5.07. The van der Waals surface area contributed by atoms with E-state index in [0.29, 0.717) is 0 Å². The van der Waals surface area contributed by atoms with Crippen LogP contribution in [0, 0.1) is 0 Å². The van der Waals surface area contributed by atoms with Crippen molar-refractivity contribution in [2.24, 2.45) is 5.73 Å². The van der Waals surface area contributed by atoms with Gasteiger partial charge in [0.05, 0.1) is 14.2 Å². The summed E-state index contributed by atoms with van der Waals surface area (Å²) in [6.45, 7) is 2.65. The van der Waals surface area contributed by atoms with E-state index in [1.165, 1.54) is 11.1 Å². The number of benzene rings is 1. The molecule has 0 amide bonds. The summed E-state index contributed by atoms with van der Waals surface area (Å²) in [6.07, 6.45) is 0. The van der Waals surface area contributed by atoms with E-state index in [9.17, 15) is 0 Å². The molecule has 0 aliphatic heterocycles. The second-order valence-corrected chi connectivity index (χ2v) is 2.64. The van der Waals surface area contributed by atoms with Gasteiger partial charge in [0.25, 0.3) is 0 Å². The molecule has 0 heterocycles. The minimum absolute atomic E-state index is 0.750.